The second-order valence-electron chi connectivity index (χ2n) is 8.84. The van der Waals surface area contributed by atoms with Gasteiger partial charge in [-0.3, -0.25) is 9.69 Å². The zero-order chi connectivity index (χ0) is 24.6. The third-order valence-corrected chi connectivity index (χ3v) is 5.42. The van der Waals surface area contributed by atoms with Gasteiger partial charge in [-0.2, -0.15) is 0 Å². The molecule has 0 saturated carbocycles. The van der Waals surface area contributed by atoms with Crippen LogP contribution in [-0.2, 0) is 34.0 Å². The number of aliphatic hydroxyl groups is 1. The lowest BCUT2D eigenvalue weighted by Gasteiger charge is -2.29. The average molecular weight is 491 g/mol. The molecule has 3 rings (SSSR count). The second kappa shape index (κ2) is 13.2. The molecule has 35 heavy (non-hydrogen) atoms. The van der Waals surface area contributed by atoms with Crippen molar-refractivity contribution >= 4 is 12.0 Å². The van der Waals surface area contributed by atoms with Crippen molar-refractivity contribution < 1.29 is 24.2 Å². The Morgan fingerprint density at radius 2 is 1.94 bits per heavy atom. The molecule has 0 bridgehead atoms. The summed E-state index contributed by atoms with van der Waals surface area (Å²) < 4.78 is 13.1. The fraction of sp³-hybridized carbons (Fsp3) is 0.583. The number of nitrogens with two attached hydrogens (primary N) is 1. The van der Waals surface area contributed by atoms with E-state index >= 15 is 0 Å². The first-order valence-electron chi connectivity index (χ1n) is 11.5. The van der Waals surface area contributed by atoms with Gasteiger partial charge in [0.15, 0.2) is 11.6 Å². The number of hydrogen-bond donors (Lipinski definition) is 3. The monoisotopic (exact) mass is 490 g/mol. The summed E-state index contributed by atoms with van der Waals surface area (Å²) in [5, 5.41) is 20.3. The van der Waals surface area contributed by atoms with E-state index in [2.05, 4.69) is 15.5 Å². The first-order chi connectivity index (χ1) is 16.3. The lowest BCUT2D eigenvalue weighted by molar-refractivity contribution is -0.126. The minimum Gasteiger partial charge on any atom is -0.449 e. The molecule has 194 valence electrons. The Morgan fingerprint density at radius 3 is 2.63 bits per heavy atom. The maximum Gasteiger partial charge on any atom is 0.410 e. The maximum atomic E-state index is 12.6. The Morgan fingerprint density at radius 1 is 1.20 bits per heavy atom. The van der Waals surface area contributed by atoms with Crippen LogP contribution in [0, 0.1) is 0 Å². The largest absolute Gasteiger partial charge is 0.449 e. The van der Waals surface area contributed by atoms with E-state index in [1.54, 1.807) is 18.7 Å². The van der Waals surface area contributed by atoms with Gasteiger partial charge in [0.25, 0.3) is 0 Å². The zero-order valence-corrected chi connectivity index (χ0v) is 19.8. The fourth-order valence-corrected chi connectivity index (χ4v) is 3.45. The molecule has 1 aliphatic rings. The molecule has 0 spiro atoms. The van der Waals surface area contributed by atoms with E-state index in [1.807, 2.05) is 34.9 Å². The molecule has 11 heteroatoms. The molecule has 0 aliphatic carbocycles. The van der Waals surface area contributed by atoms with Crippen LogP contribution in [-0.4, -0.2) is 68.7 Å². The van der Waals surface area contributed by atoms with Crippen molar-refractivity contribution in [2.45, 2.75) is 65.4 Å². The normalized spacial score (nSPS) is 14.0. The molecule has 1 atom stereocenters. The number of nitrogens with one attached hydrogen (secondary N) is 1. The third-order valence-electron chi connectivity index (χ3n) is 5.42. The Balaban J connectivity index is 0.00000432. The fourth-order valence-electron chi connectivity index (χ4n) is 3.45. The topological polar surface area (TPSA) is 145 Å². The molecule has 0 unspecified atom stereocenters. The highest BCUT2D eigenvalue weighted by atomic mass is 16.6. The summed E-state index contributed by atoms with van der Waals surface area (Å²) in [6, 6.07) is 9.18. The number of carbonyl (C=O) groups excluding carboxylic acids is 2. The van der Waals surface area contributed by atoms with Gasteiger partial charge in [-0.05, 0) is 32.3 Å². The van der Waals surface area contributed by atoms with Crippen LogP contribution >= 0.6 is 0 Å². The van der Waals surface area contributed by atoms with E-state index in [1.165, 1.54) is 0 Å². The highest BCUT2D eigenvalue weighted by Gasteiger charge is 2.31. The number of carbonyl (C=O) groups is 2. The molecule has 11 nitrogen and oxygen atoms in total. The van der Waals surface area contributed by atoms with Crippen LogP contribution in [0.1, 0.15) is 57.4 Å². The van der Waals surface area contributed by atoms with E-state index < -0.39 is 17.7 Å². The first kappa shape index (κ1) is 28.2. The van der Waals surface area contributed by atoms with E-state index in [0.717, 1.165) is 5.56 Å². The van der Waals surface area contributed by atoms with Crippen molar-refractivity contribution in [3.63, 3.8) is 0 Å². The van der Waals surface area contributed by atoms with Crippen molar-refractivity contribution in [1.82, 2.24) is 25.0 Å². The molecular weight excluding hydrogens is 452 g/mol. The van der Waals surface area contributed by atoms with Gasteiger partial charge in [-0.15, -0.1) is 10.2 Å². The number of aliphatic hydroxyl groups excluding tert-OH is 1. The number of nitrogens with zero attached hydrogens (tertiary/aromatic N) is 4. The van der Waals surface area contributed by atoms with E-state index in [9.17, 15) is 9.59 Å². The zero-order valence-electron chi connectivity index (χ0n) is 19.8. The molecule has 2 heterocycles. The van der Waals surface area contributed by atoms with Crippen LogP contribution < -0.4 is 11.1 Å². The Bertz CT molecular complexity index is 944. The average Bonchev–Trinajstić information content (AvgIpc) is 3.24. The van der Waals surface area contributed by atoms with E-state index in [0.29, 0.717) is 44.2 Å². The maximum absolute atomic E-state index is 12.6. The number of unbranched alkanes of at least 4 members (excludes halogenated alkanes) is 1. The van der Waals surface area contributed by atoms with Gasteiger partial charge in [0, 0.05) is 19.7 Å². The highest BCUT2D eigenvalue weighted by Crippen LogP contribution is 2.20. The lowest BCUT2D eigenvalue weighted by Crippen LogP contribution is -2.51. The number of amides is 2. The van der Waals surface area contributed by atoms with Crippen LogP contribution in [0.2, 0.25) is 0 Å². The van der Waals surface area contributed by atoms with Crippen molar-refractivity contribution in [3.8, 4) is 0 Å². The molecule has 1 aliphatic heterocycles. The van der Waals surface area contributed by atoms with Crippen LogP contribution in [0.25, 0.3) is 0 Å². The van der Waals surface area contributed by atoms with Gasteiger partial charge in [0.1, 0.15) is 6.04 Å². The minimum absolute atomic E-state index is 0. The molecule has 2 aromatic rings. The van der Waals surface area contributed by atoms with Crippen LogP contribution in [0.4, 0.5) is 4.79 Å². The number of ether oxygens (including phenoxy) is 2. The van der Waals surface area contributed by atoms with Crippen molar-refractivity contribution in [1.29, 1.82) is 0 Å². The smallest absolute Gasteiger partial charge is 0.410 e. The molecule has 0 saturated heterocycles. The summed E-state index contributed by atoms with van der Waals surface area (Å²) in [6.45, 7) is 5.30. The summed E-state index contributed by atoms with van der Waals surface area (Å²) in [6.07, 6.45) is 0.775. The van der Waals surface area contributed by atoms with Gasteiger partial charge in [-0.1, -0.05) is 37.8 Å². The second-order valence-corrected chi connectivity index (χ2v) is 8.84. The lowest BCUT2D eigenvalue weighted by atomic mass is 10.1. The van der Waals surface area contributed by atoms with E-state index in [-0.39, 0.29) is 39.7 Å². The Labute approximate surface area is 206 Å². The number of fused-ring (bicyclic) bond motifs is 1. The van der Waals surface area contributed by atoms with Gasteiger partial charge in [0.2, 0.25) is 5.91 Å². The van der Waals surface area contributed by atoms with Crippen molar-refractivity contribution in [3.05, 3.63) is 47.5 Å². The minimum atomic E-state index is -1.07. The third kappa shape index (κ3) is 8.01. The standard InChI is InChI=1S/C23H34N6O5.CH4/c1-23(2,24)21(31)25-18(16-33-15-17-8-4-3-5-9-17)20-27-26-19-14-28(10-11-29(19)20)22(32)34-13-7-6-12-30;/h3-5,8-9,18,30H,6-7,10-16,24H2,1-2H3,(H,25,31);1H4/t18-;/m1./s1. The summed E-state index contributed by atoms with van der Waals surface area (Å²) in [5.41, 5.74) is 5.93. The quantitative estimate of drug-likeness (QED) is 0.404. The van der Waals surface area contributed by atoms with Crippen molar-refractivity contribution in [2.24, 2.45) is 5.73 Å². The molecule has 0 fully saturated rings. The SMILES string of the molecule is C.CC(C)(N)C(=O)N[C@H](COCc1ccccc1)c1nnc2n1CCN(C(=O)OCCCCO)C2. The molecular formula is C24H38N6O5. The predicted molar refractivity (Wildman–Crippen MR) is 130 cm³/mol. The molecule has 1 aromatic heterocycles. The van der Waals surface area contributed by atoms with Gasteiger partial charge in [0.05, 0.1) is 31.9 Å². The summed E-state index contributed by atoms with van der Waals surface area (Å²) >= 11 is 0. The Kier molecular flexibility index (Phi) is 10.6. The van der Waals surface area contributed by atoms with Crippen LogP contribution in [0.5, 0.6) is 0 Å². The summed E-state index contributed by atoms with van der Waals surface area (Å²) in [5.74, 6) is 0.821. The highest BCUT2D eigenvalue weighted by molar-refractivity contribution is 5.85. The Hall–Kier alpha value is -3.02. The number of aromatic nitrogens is 3. The van der Waals surface area contributed by atoms with Crippen LogP contribution in [0.3, 0.4) is 0 Å². The van der Waals surface area contributed by atoms with Crippen LogP contribution in [0.15, 0.2) is 30.3 Å². The van der Waals surface area contributed by atoms with Crippen molar-refractivity contribution in [2.75, 3.05) is 26.4 Å². The number of hydrogen-bond acceptors (Lipinski definition) is 8. The molecule has 0 radical (unpaired) electrons. The van der Waals surface area contributed by atoms with Gasteiger partial charge in [-0.25, -0.2) is 4.79 Å². The van der Waals surface area contributed by atoms with E-state index in [4.69, 9.17) is 20.3 Å². The first-order valence-corrected chi connectivity index (χ1v) is 11.5. The molecule has 2 amide bonds. The van der Waals surface area contributed by atoms with Gasteiger partial charge < -0.3 is 30.2 Å². The number of rotatable bonds is 11. The summed E-state index contributed by atoms with van der Waals surface area (Å²) in [7, 11) is 0. The molecule has 4 N–H and O–H groups in total. The van der Waals surface area contributed by atoms with Gasteiger partial charge >= 0.3 is 6.09 Å². The molecule has 1 aromatic carbocycles. The summed E-state index contributed by atoms with van der Waals surface area (Å²) in [4.78, 5) is 26.5. The number of benzene rings is 1. The predicted octanol–water partition coefficient (Wildman–Crippen LogP) is 1.75.